The zero-order valence-corrected chi connectivity index (χ0v) is 16.2. The van der Waals surface area contributed by atoms with Gasteiger partial charge in [0.15, 0.2) is 16.8 Å². The largest absolute Gasteiger partial charge is 0.484 e. The van der Waals surface area contributed by atoms with Crippen molar-refractivity contribution in [2.24, 2.45) is 7.05 Å². The van der Waals surface area contributed by atoms with Gasteiger partial charge in [0, 0.05) is 13.6 Å². The number of rotatable bonds is 9. The molecular formula is C16H20ClN7OS. The molecule has 0 fully saturated rings. The number of nitrogens with zero attached hydrogens (tertiary/aromatic N) is 7. The summed E-state index contributed by atoms with van der Waals surface area (Å²) in [6.45, 7) is 3.27. The van der Waals surface area contributed by atoms with Gasteiger partial charge in [-0.2, -0.15) is 0 Å². The van der Waals surface area contributed by atoms with Crippen molar-refractivity contribution >= 4 is 23.4 Å². The summed E-state index contributed by atoms with van der Waals surface area (Å²) < 4.78 is 9.48. The van der Waals surface area contributed by atoms with Crippen LogP contribution in [0.15, 0.2) is 29.4 Å². The van der Waals surface area contributed by atoms with E-state index in [2.05, 4.69) is 32.6 Å². The number of benzene rings is 1. The molecule has 0 saturated carbocycles. The van der Waals surface area contributed by atoms with E-state index in [1.54, 1.807) is 17.8 Å². The van der Waals surface area contributed by atoms with Gasteiger partial charge in [-0.3, -0.25) is 0 Å². The zero-order valence-electron chi connectivity index (χ0n) is 14.7. The first-order valence-electron chi connectivity index (χ1n) is 8.32. The molecule has 0 bridgehead atoms. The van der Waals surface area contributed by atoms with Crippen LogP contribution in [0.25, 0.3) is 0 Å². The molecule has 0 saturated heterocycles. The average Bonchev–Trinajstić information content (AvgIpc) is 3.24. The van der Waals surface area contributed by atoms with Crippen molar-refractivity contribution in [1.82, 2.24) is 35.0 Å². The van der Waals surface area contributed by atoms with Crippen molar-refractivity contribution < 1.29 is 4.74 Å². The lowest BCUT2D eigenvalue weighted by molar-refractivity contribution is 0.290. The van der Waals surface area contributed by atoms with Crippen LogP contribution in [0.1, 0.15) is 31.4 Å². The number of aryl methyl sites for hydroxylation is 1. The molecule has 0 N–H and O–H groups in total. The lowest BCUT2D eigenvalue weighted by Crippen LogP contribution is -2.06. The van der Waals surface area contributed by atoms with Crippen molar-refractivity contribution in [2.45, 2.75) is 43.8 Å². The van der Waals surface area contributed by atoms with E-state index in [9.17, 15) is 0 Å². The van der Waals surface area contributed by atoms with E-state index in [0.717, 1.165) is 36.2 Å². The molecule has 3 rings (SSSR count). The van der Waals surface area contributed by atoms with Gasteiger partial charge in [-0.05, 0) is 29.0 Å². The van der Waals surface area contributed by atoms with Crippen LogP contribution < -0.4 is 4.74 Å². The van der Waals surface area contributed by atoms with Crippen molar-refractivity contribution in [3.63, 3.8) is 0 Å². The number of thioether (sulfide) groups is 1. The molecule has 0 spiro atoms. The molecule has 3 aromatic rings. The number of ether oxygens (including phenoxy) is 1. The Morgan fingerprint density at radius 1 is 1.15 bits per heavy atom. The second-order valence-corrected chi connectivity index (χ2v) is 6.99. The van der Waals surface area contributed by atoms with E-state index < -0.39 is 0 Å². The maximum absolute atomic E-state index is 6.10. The highest BCUT2D eigenvalue weighted by molar-refractivity contribution is 7.98. The van der Waals surface area contributed by atoms with Crippen molar-refractivity contribution in [2.75, 3.05) is 0 Å². The van der Waals surface area contributed by atoms with Crippen LogP contribution in [-0.4, -0.2) is 35.0 Å². The van der Waals surface area contributed by atoms with Crippen LogP contribution in [0.4, 0.5) is 0 Å². The first-order valence-corrected chi connectivity index (χ1v) is 9.68. The fourth-order valence-electron chi connectivity index (χ4n) is 2.24. The Morgan fingerprint density at radius 3 is 2.81 bits per heavy atom. The molecule has 0 amide bonds. The second kappa shape index (κ2) is 9.00. The Bertz CT molecular complexity index is 851. The highest BCUT2D eigenvalue weighted by atomic mass is 35.5. The van der Waals surface area contributed by atoms with Crippen LogP contribution in [-0.2, 0) is 26.0 Å². The van der Waals surface area contributed by atoms with Crippen LogP contribution in [0.3, 0.4) is 0 Å². The molecule has 0 radical (unpaired) electrons. The van der Waals surface area contributed by atoms with Gasteiger partial charge < -0.3 is 9.30 Å². The van der Waals surface area contributed by atoms with Crippen LogP contribution >= 0.6 is 23.4 Å². The third kappa shape index (κ3) is 4.53. The van der Waals surface area contributed by atoms with Gasteiger partial charge in [-0.1, -0.05) is 48.8 Å². The third-order valence-corrected chi connectivity index (χ3v) is 5.11. The average molecular weight is 394 g/mol. The minimum Gasteiger partial charge on any atom is -0.484 e. The quantitative estimate of drug-likeness (QED) is 0.516. The predicted octanol–water partition coefficient (Wildman–Crippen LogP) is 3.13. The molecule has 0 aliphatic carbocycles. The molecule has 2 heterocycles. The molecule has 138 valence electrons. The van der Waals surface area contributed by atoms with E-state index in [4.69, 9.17) is 16.3 Å². The first kappa shape index (κ1) is 18.7. The standard InChI is InChI=1S/C16H20ClN7OS/c1-3-4-9-24-15(19-21-22-24)11-26-16-20-18-14(23(16)2)10-25-13-8-6-5-7-12(13)17/h5-8H,3-4,9-11H2,1-2H3. The van der Waals surface area contributed by atoms with E-state index in [0.29, 0.717) is 23.1 Å². The summed E-state index contributed by atoms with van der Waals surface area (Å²) in [4.78, 5) is 0. The maximum atomic E-state index is 6.10. The molecule has 0 aliphatic rings. The summed E-state index contributed by atoms with van der Waals surface area (Å²) in [5, 5.41) is 21.7. The van der Waals surface area contributed by atoms with Crippen molar-refractivity contribution in [3.05, 3.63) is 40.9 Å². The summed E-state index contributed by atoms with van der Waals surface area (Å²) >= 11 is 7.64. The van der Waals surface area contributed by atoms with Crippen molar-refractivity contribution in [3.8, 4) is 5.75 Å². The Morgan fingerprint density at radius 2 is 2.00 bits per heavy atom. The topological polar surface area (TPSA) is 83.5 Å². The summed E-state index contributed by atoms with van der Waals surface area (Å²) in [6.07, 6.45) is 2.15. The minimum atomic E-state index is 0.294. The summed E-state index contributed by atoms with van der Waals surface area (Å²) in [5.41, 5.74) is 0. The van der Waals surface area contributed by atoms with Gasteiger partial charge in [-0.25, -0.2) is 4.68 Å². The normalized spacial score (nSPS) is 11.0. The summed E-state index contributed by atoms with van der Waals surface area (Å²) in [5.74, 6) is 2.81. The molecule has 8 nitrogen and oxygen atoms in total. The fraction of sp³-hybridized carbons (Fsp3) is 0.438. The zero-order chi connectivity index (χ0) is 18.4. The second-order valence-electron chi connectivity index (χ2n) is 5.64. The fourth-order valence-corrected chi connectivity index (χ4v) is 3.29. The highest BCUT2D eigenvalue weighted by Gasteiger charge is 2.13. The van der Waals surface area contributed by atoms with Gasteiger partial charge in [0.2, 0.25) is 0 Å². The number of halogens is 1. The van der Waals surface area contributed by atoms with E-state index in [-0.39, 0.29) is 0 Å². The highest BCUT2D eigenvalue weighted by Crippen LogP contribution is 2.25. The van der Waals surface area contributed by atoms with E-state index in [1.165, 1.54) is 0 Å². The van der Waals surface area contributed by atoms with Gasteiger partial charge in [0.25, 0.3) is 0 Å². The van der Waals surface area contributed by atoms with Crippen molar-refractivity contribution in [1.29, 1.82) is 0 Å². The van der Waals surface area contributed by atoms with Crippen LogP contribution in [0.2, 0.25) is 5.02 Å². The van der Waals surface area contributed by atoms with Crippen LogP contribution in [0, 0.1) is 0 Å². The van der Waals surface area contributed by atoms with Gasteiger partial charge >= 0.3 is 0 Å². The maximum Gasteiger partial charge on any atom is 0.191 e. The molecular weight excluding hydrogens is 374 g/mol. The lowest BCUT2D eigenvalue weighted by Gasteiger charge is -2.08. The monoisotopic (exact) mass is 393 g/mol. The molecule has 1 aromatic carbocycles. The van der Waals surface area contributed by atoms with Crippen LogP contribution in [0.5, 0.6) is 5.75 Å². The van der Waals surface area contributed by atoms with Gasteiger partial charge in [0.05, 0.1) is 10.8 Å². The third-order valence-electron chi connectivity index (χ3n) is 3.78. The number of para-hydroxylation sites is 1. The smallest absolute Gasteiger partial charge is 0.191 e. The summed E-state index contributed by atoms with van der Waals surface area (Å²) in [6, 6.07) is 7.35. The predicted molar refractivity (Wildman–Crippen MR) is 99.1 cm³/mol. The number of tetrazole rings is 1. The van der Waals surface area contributed by atoms with E-state index >= 15 is 0 Å². The van der Waals surface area contributed by atoms with Gasteiger partial charge in [0.1, 0.15) is 12.4 Å². The Kier molecular flexibility index (Phi) is 6.45. The molecule has 0 aliphatic heterocycles. The number of hydrogen-bond donors (Lipinski definition) is 0. The Balaban J connectivity index is 1.59. The minimum absolute atomic E-state index is 0.294. The number of hydrogen-bond acceptors (Lipinski definition) is 7. The summed E-state index contributed by atoms with van der Waals surface area (Å²) in [7, 11) is 1.91. The van der Waals surface area contributed by atoms with E-state index in [1.807, 2.05) is 34.5 Å². The Hall–Kier alpha value is -2.13. The lowest BCUT2D eigenvalue weighted by atomic mass is 10.3. The number of unbranched alkanes of at least 4 members (excludes halogenated alkanes) is 1. The molecule has 0 atom stereocenters. The van der Waals surface area contributed by atoms with Gasteiger partial charge in [-0.15, -0.1) is 15.3 Å². The molecule has 10 heteroatoms. The SMILES string of the molecule is CCCCn1nnnc1CSc1nnc(COc2ccccc2Cl)n1C. The first-order chi connectivity index (χ1) is 12.7. The molecule has 2 aromatic heterocycles. The number of aromatic nitrogens is 7. The Labute approximate surface area is 160 Å². The molecule has 26 heavy (non-hydrogen) atoms. The molecule has 0 unspecified atom stereocenters.